The predicted molar refractivity (Wildman–Crippen MR) is 76.2 cm³/mol. The third-order valence-corrected chi connectivity index (χ3v) is 5.71. The van der Waals surface area contributed by atoms with Crippen LogP contribution in [-0.2, 0) is 16.6 Å². The van der Waals surface area contributed by atoms with Crippen LogP contribution in [0.5, 0.6) is 0 Å². The van der Waals surface area contributed by atoms with Crippen molar-refractivity contribution in [3.63, 3.8) is 0 Å². The van der Waals surface area contributed by atoms with E-state index in [-0.39, 0.29) is 0 Å². The second-order valence-corrected chi connectivity index (χ2v) is 7.11. The van der Waals surface area contributed by atoms with Gasteiger partial charge in [0.2, 0.25) is 10.0 Å². The first-order valence-electron chi connectivity index (χ1n) is 6.78. The summed E-state index contributed by atoms with van der Waals surface area (Å²) in [4.78, 5) is 0.409. The van der Waals surface area contributed by atoms with E-state index in [2.05, 4.69) is 0 Å². The quantitative estimate of drug-likeness (QED) is 0.866. The Hall–Kier alpha value is -0.910. The molecule has 4 nitrogen and oxygen atoms in total. The summed E-state index contributed by atoms with van der Waals surface area (Å²) in [5, 5.41) is 0. The van der Waals surface area contributed by atoms with Crippen LogP contribution in [0.1, 0.15) is 30.9 Å². The predicted octanol–water partition coefficient (Wildman–Crippen LogP) is 1.87. The maximum absolute atomic E-state index is 12.6. The van der Waals surface area contributed by atoms with Gasteiger partial charge < -0.3 is 5.73 Å². The van der Waals surface area contributed by atoms with Gasteiger partial charge in [0.15, 0.2) is 0 Å². The minimum absolute atomic E-state index is 0.409. The zero-order valence-corrected chi connectivity index (χ0v) is 12.4. The Kier molecular flexibility index (Phi) is 4.28. The van der Waals surface area contributed by atoms with Gasteiger partial charge in [0.25, 0.3) is 0 Å². The fourth-order valence-corrected chi connectivity index (χ4v) is 3.98. The van der Waals surface area contributed by atoms with Crippen LogP contribution in [0.3, 0.4) is 0 Å². The molecule has 0 bridgehead atoms. The first-order valence-corrected chi connectivity index (χ1v) is 8.22. The van der Waals surface area contributed by atoms with Crippen molar-refractivity contribution < 1.29 is 8.42 Å². The normalized spacial score (nSPS) is 16.0. The van der Waals surface area contributed by atoms with Gasteiger partial charge in [0.1, 0.15) is 0 Å². The molecule has 1 aliphatic carbocycles. The molecule has 0 unspecified atom stereocenters. The van der Waals surface area contributed by atoms with E-state index in [1.54, 1.807) is 16.4 Å². The number of hydrogen-bond acceptors (Lipinski definition) is 3. The Morgan fingerprint density at radius 1 is 1.37 bits per heavy atom. The third kappa shape index (κ3) is 3.16. The van der Waals surface area contributed by atoms with Gasteiger partial charge in [-0.1, -0.05) is 19.1 Å². The topological polar surface area (TPSA) is 63.4 Å². The summed E-state index contributed by atoms with van der Waals surface area (Å²) in [6.45, 7) is 5.33. The van der Waals surface area contributed by atoms with Crippen LogP contribution >= 0.6 is 0 Å². The number of sulfonamides is 1. The number of hydrogen-bond donors (Lipinski definition) is 1. The van der Waals surface area contributed by atoms with E-state index in [1.165, 1.54) is 0 Å². The lowest BCUT2D eigenvalue weighted by Crippen LogP contribution is -2.33. The smallest absolute Gasteiger partial charge is 0.243 e. The minimum atomic E-state index is -3.37. The molecular formula is C14H22N2O2S. The van der Waals surface area contributed by atoms with Crippen LogP contribution in [0, 0.1) is 12.8 Å². The molecule has 106 valence electrons. The number of rotatable bonds is 6. The van der Waals surface area contributed by atoms with Crippen molar-refractivity contribution in [1.29, 1.82) is 0 Å². The lowest BCUT2D eigenvalue weighted by Gasteiger charge is -2.21. The van der Waals surface area contributed by atoms with Crippen molar-refractivity contribution >= 4 is 10.0 Å². The molecule has 0 aromatic heterocycles. The first-order chi connectivity index (χ1) is 8.98. The molecule has 1 fully saturated rings. The minimum Gasteiger partial charge on any atom is -0.326 e. The third-order valence-electron chi connectivity index (χ3n) is 3.60. The molecule has 1 aromatic carbocycles. The zero-order chi connectivity index (χ0) is 14.0. The Bertz CT molecular complexity index is 551. The lowest BCUT2D eigenvalue weighted by molar-refractivity contribution is 0.411. The van der Waals surface area contributed by atoms with E-state index in [0.717, 1.165) is 24.0 Å². The number of aryl methyl sites for hydroxylation is 1. The average molecular weight is 282 g/mol. The van der Waals surface area contributed by atoms with E-state index >= 15 is 0 Å². The summed E-state index contributed by atoms with van der Waals surface area (Å²) in [7, 11) is -3.37. The number of nitrogens with two attached hydrogens (primary N) is 1. The molecule has 0 heterocycles. The van der Waals surface area contributed by atoms with E-state index < -0.39 is 10.0 Å². The molecule has 0 atom stereocenters. The Morgan fingerprint density at radius 2 is 2.05 bits per heavy atom. The van der Waals surface area contributed by atoms with E-state index in [0.29, 0.717) is 30.4 Å². The first kappa shape index (κ1) is 14.5. The van der Waals surface area contributed by atoms with Crippen LogP contribution in [0.15, 0.2) is 23.1 Å². The summed E-state index contributed by atoms with van der Waals surface area (Å²) in [6, 6.07) is 5.34. The highest BCUT2D eigenvalue weighted by Gasteiger charge is 2.31. The highest BCUT2D eigenvalue weighted by Crippen LogP contribution is 2.32. The SMILES string of the molecule is CCN(CC1CC1)S(=O)(=O)c1ccc(CN)cc1C. The van der Waals surface area contributed by atoms with Crippen LogP contribution in [0.4, 0.5) is 0 Å². The van der Waals surface area contributed by atoms with Crippen LogP contribution in [0.2, 0.25) is 0 Å². The summed E-state index contributed by atoms with van der Waals surface area (Å²) >= 11 is 0. The van der Waals surface area contributed by atoms with Gasteiger partial charge in [-0.2, -0.15) is 4.31 Å². The molecule has 0 saturated heterocycles. The fraction of sp³-hybridized carbons (Fsp3) is 0.571. The van der Waals surface area contributed by atoms with Crippen molar-refractivity contribution in [3.05, 3.63) is 29.3 Å². The molecule has 2 N–H and O–H groups in total. The highest BCUT2D eigenvalue weighted by atomic mass is 32.2. The van der Waals surface area contributed by atoms with Crippen molar-refractivity contribution in [2.75, 3.05) is 13.1 Å². The molecular weight excluding hydrogens is 260 g/mol. The molecule has 0 radical (unpaired) electrons. The average Bonchev–Trinajstić information content (AvgIpc) is 3.19. The Labute approximate surface area is 115 Å². The maximum atomic E-state index is 12.6. The molecule has 1 saturated carbocycles. The van der Waals surface area contributed by atoms with Crippen molar-refractivity contribution in [3.8, 4) is 0 Å². The lowest BCUT2D eigenvalue weighted by atomic mass is 10.1. The summed E-state index contributed by atoms with van der Waals surface area (Å²) in [5.74, 6) is 0.554. The van der Waals surface area contributed by atoms with Gasteiger partial charge in [-0.05, 0) is 42.9 Å². The van der Waals surface area contributed by atoms with Crippen molar-refractivity contribution in [1.82, 2.24) is 4.31 Å². The van der Waals surface area contributed by atoms with Crippen LogP contribution in [-0.4, -0.2) is 25.8 Å². The Morgan fingerprint density at radius 3 is 2.53 bits per heavy atom. The van der Waals surface area contributed by atoms with E-state index in [9.17, 15) is 8.42 Å². The largest absolute Gasteiger partial charge is 0.326 e. The summed E-state index contributed by atoms with van der Waals surface area (Å²) in [6.07, 6.45) is 2.30. The monoisotopic (exact) mass is 282 g/mol. The molecule has 5 heteroatoms. The van der Waals surface area contributed by atoms with Crippen LogP contribution in [0.25, 0.3) is 0 Å². The van der Waals surface area contributed by atoms with Crippen molar-refractivity contribution in [2.24, 2.45) is 11.7 Å². The molecule has 2 rings (SSSR count). The van der Waals surface area contributed by atoms with Gasteiger partial charge in [0.05, 0.1) is 4.90 Å². The highest BCUT2D eigenvalue weighted by molar-refractivity contribution is 7.89. The van der Waals surface area contributed by atoms with E-state index in [1.807, 2.05) is 19.9 Å². The van der Waals surface area contributed by atoms with E-state index in [4.69, 9.17) is 5.73 Å². The van der Waals surface area contributed by atoms with Gasteiger partial charge in [-0.25, -0.2) is 8.42 Å². The molecule has 1 aliphatic rings. The maximum Gasteiger partial charge on any atom is 0.243 e. The second-order valence-electron chi connectivity index (χ2n) is 5.20. The van der Waals surface area contributed by atoms with Gasteiger partial charge >= 0.3 is 0 Å². The molecule has 0 aliphatic heterocycles. The van der Waals surface area contributed by atoms with Gasteiger partial charge in [0, 0.05) is 19.6 Å². The molecule has 1 aromatic rings. The fourth-order valence-electron chi connectivity index (χ4n) is 2.25. The standard InChI is InChI=1S/C14H22N2O2S/c1-3-16(10-12-4-5-12)19(17,18)14-7-6-13(9-15)8-11(14)2/h6-8,12H,3-5,9-10,15H2,1-2H3. The summed E-state index contributed by atoms with van der Waals surface area (Å²) < 4.78 is 26.9. The zero-order valence-electron chi connectivity index (χ0n) is 11.6. The second kappa shape index (κ2) is 5.61. The van der Waals surface area contributed by atoms with Crippen LogP contribution < -0.4 is 5.73 Å². The summed E-state index contributed by atoms with van der Waals surface area (Å²) in [5.41, 5.74) is 7.31. The molecule has 0 amide bonds. The molecule has 19 heavy (non-hydrogen) atoms. The van der Waals surface area contributed by atoms with Crippen molar-refractivity contribution in [2.45, 2.75) is 38.1 Å². The number of nitrogens with zero attached hydrogens (tertiary/aromatic N) is 1. The Balaban J connectivity index is 2.31. The van der Waals surface area contributed by atoms with Gasteiger partial charge in [-0.15, -0.1) is 0 Å². The number of benzene rings is 1. The van der Waals surface area contributed by atoms with Gasteiger partial charge in [-0.3, -0.25) is 0 Å². The molecule has 0 spiro atoms.